The fourth-order valence-corrected chi connectivity index (χ4v) is 1.13. The molecular weight excluding hydrogens is 224 g/mol. The molecule has 0 bridgehead atoms. The van der Waals surface area contributed by atoms with E-state index in [9.17, 15) is 9.59 Å². The molecule has 0 aromatic heterocycles. The van der Waals surface area contributed by atoms with Crippen LogP contribution in [0.4, 0.5) is 0 Å². The molecule has 0 amide bonds. The summed E-state index contributed by atoms with van der Waals surface area (Å²) in [5, 5.41) is 0. The average molecular weight is 246 g/mol. The molecule has 0 aliphatic carbocycles. The Kier molecular flexibility index (Phi) is 9.43. The Morgan fingerprint density at radius 2 is 1.59 bits per heavy atom. The molecule has 17 heavy (non-hydrogen) atoms. The van der Waals surface area contributed by atoms with Crippen molar-refractivity contribution in [1.29, 1.82) is 0 Å². The summed E-state index contributed by atoms with van der Waals surface area (Å²) in [5.41, 5.74) is 0. The minimum Gasteiger partial charge on any atom is -0.466 e. The van der Waals surface area contributed by atoms with Gasteiger partial charge < -0.3 is 14.2 Å². The van der Waals surface area contributed by atoms with E-state index in [1.807, 2.05) is 13.8 Å². The van der Waals surface area contributed by atoms with Gasteiger partial charge in [0.15, 0.2) is 6.10 Å². The van der Waals surface area contributed by atoms with Gasteiger partial charge in [-0.3, -0.25) is 4.79 Å². The highest BCUT2D eigenvalue weighted by molar-refractivity contribution is 5.81. The zero-order valence-electron chi connectivity index (χ0n) is 10.9. The highest BCUT2D eigenvalue weighted by Crippen LogP contribution is 2.04. The van der Waals surface area contributed by atoms with E-state index in [-0.39, 0.29) is 6.42 Å². The van der Waals surface area contributed by atoms with Crippen molar-refractivity contribution in [3.05, 3.63) is 0 Å². The van der Waals surface area contributed by atoms with Crippen molar-refractivity contribution in [2.45, 2.75) is 46.1 Å². The summed E-state index contributed by atoms with van der Waals surface area (Å²) in [7, 11) is 0. The first-order valence-corrected chi connectivity index (χ1v) is 6.09. The van der Waals surface area contributed by atoms with Crippen LogP contribution in [0.3, 0.4) is 0 Å². The molecule has 1 atom stereocenters. The standard InChI is InChI=1S/C12H22O5/c1-4-7-16-11(13)9-10(15-6-3)12(14)17-8-5-2/h10H,4-9H2,1-3H3. The Bertz CT molecular complexity index is 227. The second kappa shape index (κ2) is 10.1. The van der Waals surface area contributed by atoms with Crippen molar-refractivity contribution < 1.29 is 23.8 Å². The number of hydrogen-bond acceptors (Lipinski definition) is 5. The lowest BCUT2D eigenvalue weighted by molar-refractivity contribution is -0.163. The van der Waals surface area contributed by atoms with Crippen LogP contribution in [0.25, 0.3) is 0 Å². The van der Waals surface area contributed by atoms with Crippen LogP contribution in [0, 0.1) is 0 Å². The minimum absolute atomic E-state index is 0.0869. The van der Waals surface area contributed by atoms with Crippen molar-refractivity contribution in [2.75, 3.05) is 19.8 Å². The molecule has 0 heterocycles. The largest absolute Gasteiger partial charge is 0.466 e. The Morgan fingerprint density at radius 3 is 2.12 bits per heavy atom. The van der Waals surface area contributed by atoms with E-state index >= 15 is 0 Å². The van der Waals surface area contributed by atoms with Gasteiger partial charge in [0.1, 0.15) is 0 Å². The molecule has 0 spiro atoms. The summed E-state index contributed by atoms with van der Waals surface area (Å²) in [6.07, 6.45) is 0.558. The fourth-order valence-electron chi connectivity index (χ4n) is 1.13. The SMILES string of the molecule is CCCOC(=O)CC(OCC)C(=O)OCCC. The summed E-state index contributed by atoms with van der Waals surface area (Å²) in [6, 6.07) is 0. The van der Waals surface area contributed by atoms with Crippen LogP contribution >= 0.6 is 0 Å². The Morgan fingerprint density at radius 1 is 1.00 bits per heavy atom. The maximum Gasteiger partial charge on any atom is 0.335 e. The molecule has 0 fully saturated rings. The monoisotopic (exact) mass is 246 g/mol. The Labute approximate surface area is 102 Å². The van der Waals surface area contributed by atoms with Gasteiger partial charge in [-0.05, 0) is 19.8 Å². The van der Waals surface area contributed by atoms with Gasteiger partial charge in [0, 0.05) is 6.61 Å². The predicted octanol–water partition coefficient (Wildman–Crippen LogP) is 1.69. The van der Waals surface area contributed by atoms with E-state index in [0.29, 0.717) is 19.8 Å². The molecule has 0 aromatic carbocycles. The van der Waals surface area contributed by atoms with Crippen LogP contribution < -0.4 is 0 Å². The number of ether oxygens (including phenoxy) is 3. The van der Waals surface area contributed by atoms with Gasteiger partial charge in [-0.15, -0.1) is 0 Å². The van der Waals surface area contributed by atoms with E-state index in [1.165, 1.54) is 0 Å². The van der Waals surface area contributed by atoms with Gasteiger partial charge in [0.2, 0.25) is 0 Å². The number of esters is 2. The quantitative estimate of drug-likeness (QED) is 0.579. The molecule has 0 saturated heterocycles. The second-order valence-corrected chi connectivity index (χ2v) is 3.54. The molecule has 0 rings (SSSR count). The van der Waals surface area contributed by atoms with Gasteiger partial charge in [0.05, 0.1) is 19.6 Å². The molecule has 0 saturated carbocycles. The highest BCUT2D eigenvalue weighted by Gasteiger charge is 2.24. The van der Waals surface area contributed by atoms with Crippen LogP contribution in [0.15, 0.2) is 0 Å². The molecule has 0 radical (unpaired) electrons. The van der Waals surface area contributed by atoms with Gasteiger partial charge in [-0.25, -0.2) is 4.79 Å². The van der Waals surface area contributed by atoms with E-state index < -0.39 is 18.0 Å². The lowest BCUT2D eigenvalue weighted by Crippen LogP contribution is -2.30. The van der Waals surface area contributed by atoms with Crippen molar-refractivity contribution in [3.8, 4) is 0 Å². The first-order valence-electron chi connectivity index (χ1n) is 6.09. The Hall–Kier alpha value is -1.10. The lowest BCUT2D eigenvalue weighted by atomic mass is 10.2. The summed E-state index contributed by atoms with van der Waals surface area (Å²) in [6.45, 7) is 6.62. The third kappa shape index (κ3) is 7.74. The average Bonchev–Trinajstić information content (AvgIpc) is 2.32. The fraction of sp³-hybridized carbons (Fsp3) is 0.833. The number of rotatable bonds is 9. The van der Waals surface area contributed by atoms with E-state index in [1.54, 1.807) is 6.92 Å². The third-order valence-electron chi connectivity index (χ3n) is 1.90. The maximum atomic E-state index is 11.5. The molecule has 5 nitrogen and oxygen atoms in total. The lowest BCUT2D eigenvalue weighted by Gasteiger charge is -2.15. The van der Waals surface area contributed by atoms with Crippen molar-refractivity contribution >= 4 is 11.9 Å². The third-order valence-corrected chi connectivity index (χ3v) is 1.90. The summed E-state index contributed by atoms with van der Waals surface area (Å²) < 4.78 is 15.0. The first-order chi connectivity index (χ1) is 8.15. The number of hydrogen-bond donors (Lipinski definition) is 0. The predicted molar refractivity (Wildman–Crippen MR) is 62.5 cm³/mol. The summed E-state index contributed by atoms with van der Waals surface area (Å²) >= 11 is 0. The molecule has 100 valence electrons. The summed E-state index contributed by atoms with van der Waals surface area (Å²) in [5.74, 6) is -0.930. The molecule has 0 N–H and O–H groups in total. The van der Waals surface area contributed by atoms with Gasteiger partial charge in [0.25, 0.3) is 0 Å². The maximum absolute atomic E-state index is 11.5. The van der Waals surface area contributed by atoms with Crippen LogP contribution in [-0.2, 0) is 23.8 Å². The zero-order valence-corrected chi connectivity index (χ0v) is 10.9. The van der Waals surface area contributed by atoms with Crippen LogP contribution in [-0.4, -0.2) is 37.9 Å². The topological polar surface area (TPSA) is 61.8 Å². The Balaban J connectivity index is 4.12. The molecule has 5 heteroatoms. The first kappa shape index (κ1) is 15.9. The number of carbonyl (C=O) groups is 2. The van der Waals surface area contributed by atoms with E-state index in [2.05, 4.69) is 0 Å². The number of carbonyl (C=O) groups excluding carboxylic acids is 2. The molecule has 0 aliphatic heterocycles. The zero-order chi connectivity index (χ0) is 13.1. The van der Waals surface area contributed by atoms with Crippen LogP contribution in [0.1, 0.15) is 40.0 Å². The second-order valence-electron chi connectivity index (χ2n) is 3.54. The van der Waals surface area contributed by atoms with Crippen molar-refractivity contribution in [3.63, 3.8) is 0 Å². The smallest absolute Gasteiger partial charge is 0.335 e. The molecule has 0 aliphatic rings. The van der Waals surface area contributed by atoms with Crippen LogP contribution in [0.2, 0.25) is 0 Å². The van der Waals surface area contributed by atoms with Gasteiger partial charge >= 0.3 is 11.9 Å². The van der Waals surface area contributed by atoms with Crippen molar-refractivity contribution in [2.24, 2.45) is 0 Å². The van der Waals surface area contributed by atoms with Crippen molar-refractivity contribution in [1.82, 2.24) is 0 Å². The van der Waals surface area contributed by atoms with E-state index in [0.717, 1.165) is 12.8 Å². The summed E-state index contributed by atoms with van der Waals surface area (Å²) in [4.78, 5) is 22.9. The molecule has 0 aromatic rings. The molecule has 1 unspecified atom stereocenters. The molecular formula is C12H22O5. The normalized spacial score (nSPS) is 11.9. The van der Waals surface area contributed by atoms with Gasteiger partial charge in [-0.2, -0.15) is 0 Å². The minimum atomic E-state index is -0.851. The van der Waals surface area contributed by atoms with E-state index in [4.69, 9.17) is 14.2 Å². The highest BCUT2D eigenvalue weighted by atomic mass is 16.6. The van der Waals surface area contributed by atoms with Crippen LogP contribution in [0.5, 0.6) is 0 Å². The van der Waals surface area contributed by atoms with Gasteiger partial charge in [-0.1, -0.05) is 13.8 Å².